The normalized spacial score (nSPS) is 33.2. The quantitative estimate of drug-likeness (QED) is 0.832. The molecule has 1 saturated carbocycles. The van der Waals surface area contributed by atoms with Gasteiger partial charge < -0.3 is 9.84 Å². The topological polar surface area (TPSA) is 66.8 Å². The van der Waals surface area contributed by atoms with Crippen molar-refractivity contribution < 1.29 is 18.3 Å². The standard InChI is InChI=1S/C13H23NO4S/c15-13(5-6-13)11-2-1-7-14(10-11)19(16,17)12-3-8-18-9-4-12/h11-12,15H,1-10H2. The maximum Gasteiger partial charge on any atom is 0.217 e. The maximum atomic E-state index is 12.6. The van der Waals surface area contributed by atoms with E-state index in [1.54, 1.807) is 4.31 Å². The van der Waals surface area contributed by atoms with Crippen molar-refractivity contribution in [3.8, 4) is 0 Å². The highest BCUT2D eigenvalue weighted by Crippen LogP contribution is 2.46. The van der Waals surface area contributed by atoms with Gasteiger partial charge >= 0.3 is 0 Å². The lowest BCUT2D eigenvalue weighted by Gasteiger charge is -2.37. The summed E-state index contributed by atoms with van der Waals surface area (Å²) < 4.78 is 32.1. The lowest BCUT2D eigenvalue weighted by atomic mass is 9.92. The Balaban J connectivity index is 1.69. The monoisotopic (exact) mass is 289 g/mol. The summed E-state index contributed by atoms with van der Waals surface area (Å²) in [6.07, 6.45) is 4.71. The molecule has 110 valence electrons. The van der Waals surface area contributed by atoms with E-state index >= 15 is 0 Å². The Morgan fingerprint density at radius 3 is 2.47 bits per heavy atom. The number of aliphatic hydroxyl groups is 1. The van der Waals surface area contributed by atoms with Gasteiger partial charge in [0.2, 0.25) is 10.0 Å². The summed E-state index contributed by atoms with van der Waals surface area (Å²) in [5, 5.41) is 9.92. The fraction of sp³-hybridized carbons (Fsp3) is 1.00. The van der Waals surface area contributed by atoms with Gasteiger partial charge in [-0.25, -0.2) is 12.7 Å². The minimum atomic E-state index is -3.21. The summed E-state index contributed by atoms with van der Waals surface area (Å²) in [5.41, 5.74) is -0.566. The zero-order valence-electron chi connectivity index (χ0n) is 11.3. The second-order valence-corrected chi connectivity index (χ2v) is 8.37. The molecule has 0 amide bonds. The molecule has 0 bridgehead atoms. The second-order valence-electron chi connectivity index (χ2n) is 6.16. The summed E-state index contributed by atoms with van der Waals surface area (Å²) in [5.74, 6) is 0.135. The van der Waals surface area contributed by atoms with Gasteiger partial charge in [-0.1, -0.05) is 0 Å². The molecule has 2 saturated heterocycles. The van der Waals surface area contributed by atoms with Gasteiger partial charge in [-0.3, -0.25) is 0 Å². The Morgan fingerprint density at radius 2 is 1.84 bits per heavy atom. The largest absolute Gasteiger partial charge is 0.390 e. The minimum absolute atomic E-state index is 0.135. The van der Waals surface area contributed by atoms with E-state index in [4.69, 9.17) is 4.74 Å². The molecule has 1 atom stereocenters. The number of sulfonamides is 1. The van der Waals surface area contributed by atoms with E-state index in [1.807, 2.05) is 0 Å². The number of ether oxygens (including phenoxy) is 1. The third kappa shape index (κ3) is 2.68. The number of piperidine rings is 1. The fourth-order valence-electron chi connectivity index (χ4n) is 3.33. The smallest absolute Gasteiger partial charge is 0.217 e. The van der Waals surface area contributed by atoms with Gasteiger partial charge in [-0.15, -0.1) is 0 Å². The molecule has 1 N–H and O–H groups in total. The third-order valence-corrected chi connectivity index (χ3v) is 7.22. The number of rotatable bonds is 3. The van der Waals surface area contributed by atoms with Crippen molar-refractivity contribution >= 4 is 10.0 Å². The summed E-state index contributed by atoms with van der Waals surface area (Å²) in [7, 11) is -3.21. The van der Waals surface area contributed by atoms with E-state index in [0.29, 0.717) is 39.1 Å². The average Bonchev–Trinajstić information content (AvgIpc) is 3.19. The van der Waals surface area contributed by atoms with Crippen molar-refractivity contribution in [3.63, 3.8) is 0 Å². The lowest BCUT2D eigenvalue weighted by Crippen LogP contribution is -2.48. The molecule has 0 aromatic heterocycles. The minimum Gasteiger partial charge on any atom is -0.390 e. The van der Waals surface area contributed by atoms with Crippen molar-refractivity contribution in [3.05, 3.63) is 0 Å². The predicted octanol–water partition coefficient (Wildman–Crippen LogP) is 0.732. The van der Waals surface area contributed by atoms with Gasteiger partial charge in [-0.2, -0.15) is 0 Å². The van der Waals surface area contributed by atoms with Gasteiger partial charge in [0.05, 0.1) is 10.9 Å². The molecule has 2 heterocycles. The van der Waals surface area contributed by atoms with E-state index in [2.05, 4.69) is 0 Å². The molecule has 0 aromatic rings. The van der Waals surface area contributed by atoms with Gasteiger partial charge in [0.1, 0.15) is 0 Å². The van der Waals surface area contributed by atoms with Gasteiger partial charge in [0.15, 0.2) is 0 Å². The van der Waals surface area contributed by atoms with E-state index in [1.165, 1.54) is 0 Å². The van der Waals surface area contributed by atoms with Crippen LogP contribution in [0.5, 0.6) is 0 Å². The first kappa shape index (κ1) is 13.8. The fourth-order valence-corrected chi connectivity index (χ4v) is 5.31. The van der Waals surface area contributed by atoms with Crippen molar-refractivity contribution in [1.82, 2.24) is 4.31 Å². The number of nitrogens with zero attached hydrogens (tertiary/aromatic N) is 1. The molecule has 1 aliphatic carbocycles. The van der Waals surface area contributed by atoms with E-state index in [9.17, 15) is 13.5 Å². The third-order valence-electron chi connectivity index (χ3n) is 4.86. The Labute approximate surface area is 115 Å². The molecule has 19 heavy (non-hydrogen) atoms. The zero-order chi connectivity index (χ0) is 13.5. The highest BCUT2D eigenvalue weighted by molar-refractivity contribution is 7.89. The molecule has 0 aromatic carbocycles. The molecule has 3 fully saturated rings. The average molecular weight is 289 g/mol. The van der Waals surface area contributed by atoms with Crippen LogP contribution in [0.3, 0.4) is 0 Å². The second kappa shape index (κ2) is 4.98. The van der Waals surface area contributed by atoms with Crippen molar-refractivity contribution in [2.45, 2.75) is 49.4 Å². The van der Waals surface area contributed by atoms with Crippen LogP contribution in [-0.2, 0) is 14.8 Å². The summed E-state index contributed by atoms with van der Waals surface area (Å²) in [6.45, 7) is 2.22. The molecule has 3 aliphatic rings. The van der Waals surface area contributed by atoms with Crippen LogP contribution in [0.4, 0.5) is 0 Å². The van der Waals surface area contributed by atoms with Crippen LogP contribution in [0.2, 0.25) is 0 Å². The zero-order valence-corrected chi connectivity index (χ0v) is 12.1. The van der Waals surface area contributed by atoms with Crippen LogP contribution in [0.25, 0.3) is 0 Å². The van der Waals surface area contributed by atoms with Crippen LogP contribution in [-0.4, -0.2) is 55.0 Å². The molecule has 2 aliphatic heterocycles. The number of hydrogen-bond donors (Lipinski definition) is 1. The van der Waals surface area contributed by atoms with E-state index in [0.717, 1.165) is 25.7 Å². The van der Waals surface area contributed by atoms with Crippen LogP contribution in [0.15, 0.2) is 0 Å². The van der Waals surface area contributed by atoms with Crippen molar-refractivity contribution in [2.75, 3.05) is 26.3 Å². The molecule has 0 radical (unpaired) electrons. The van der Waals surface area contributed by atoms with Crippen molar-refractivity contribution in [1.29, 1.82) is 0 Å². The van der Waals surface area contributed by atoms with Crippen LogP contribution in [0.1, 0.15) is 38.5 Å². The molecule has 6 heteroatoms. The Hall–Kier alpha value is -0.170. The summed E-state index contributed by atoms with van der Waals surface area (Å²) in [6, 6.07) is 0. The molecular weight excluding hydrogens is 266 g/mol. The first-order valence-corrected chi connectivity index (χ1v) is 8.82. The summed E-state index contributed by atoms with van der Waals surface area (Å²) >= 11 is 0. The highest BCUT2D eigenvalue weighted by atomic mass is 32.2. The molecular formula is C13H23NO4S. The molecule has 1 unspecified atom stereocenters. The van der Waals surface area contributed by atoms with Gasteiger partial charge in [0, 0.05) is 32.2 Å². The SMILES string of the molecule is O=S(=O)(C1CCOCC1)N1CCCC(C2(O)CC2)C1. The molecule has 0 spiro atoms. The van der Waals surface area contributed by atoms with Gasteiger partial charge in [0.25, 0.3) is 0 Å². The predicted molar refractivity (Wildman–Crippen MR) is 71.2 cm³/mol. The first-order valence-electron chi connectivity index (χ1n) is 7.31. The molecule has 3 rings (SSSR count). The Kier molecular flexibility index (Phi) is 3.62. The Bertz CT molecular complexity index is 426. The summed E-state index contributed by atoms with van der Waals surface area (Å²) in [4.78, 5) is 0. The van der Waals surface area contributed by atoms with Gasteiger partial charge in [-0.05, 0) is 38.5 Å². The van der Waals surface area contributed by atoms with Crippen LogP contribution >= 0.6 is 0 Å². The van der Waals surface area contributed by atoms with E-state index < -0.39 is 15.6 Å². The highest BCUT2D eigenvalue weighted by Gasteiger charge is 2.50. The molecule has 5 nitrogen and oxygen atoms in total. The number of hydrogen-bond acceptors (Lipinski definition) is 4. The lowest BCUT2D eigenvalue weighted by molar-refractivity contribution is 0.0502. The first-order chi connectivity index (χ1) is 9.02. The van der Waals surface area contributed by atoms with E-state index in [-0.39, 0.29) is 11.2 Å². The maximum absolute atomic E-state index is 12.6. The van der Waals surface area contributed by atoms with Crippen LogP contribution < -0.4 is 0 Å². The Morgan fingerprint density at radius 1 is 1.16 bits per heavy atom. The van der Waals surface area contributed by atoms with Crippen molar-refractivity contribution in [2.24, 2.45) is 5.92 Å². The van der Waals surface area contributed by atoms with Crippen LogP contribution in [0, 0.1) is 5.92 Å².